The van der Waals surface area contributed by atoms with Crippen molar-refractivity contribution in [3.63, 3.8) is 0 Å². The number of hydrogen-bond donors (Lipinski definition) is 1. The average molecular weight is 482 g/mol. The molecule has 0 bridgehead atoms. The number of nitrogens with one attached hydrogen (secondary N) is 1. The molecular weight excluding hydrogens is 469 g/mol. The van der Waals surface area contributed by atoms with E-state index >= 15 is 0 Å². The highest BCUT2D eigenvalue weighted by Crippen LogP contribution is 2.35. The third-order valence-electron chi connectivity index (χ3n) is 2.74. The Morgan fingerprint density at radius 3 is 2.24 bits per heavy atom. The van der Waals surface area contributed by atoms with E-state index < -0.39 is 0 Å². The molecule has 2 aromatic carbocycles. The van der Waals surface area contributed by atoms with Gasteiger partial charge in [-0.2, -0.15) is 0 Å². The zero-order valence-electron chi connectivity index (χ0n) is 11.2. The second kappa shape index (κ2) is 7.72. The lowest BCUT2D eigenvalue weighted by Gasteiger charge is -2.12. The maximum atomic E-state index is 13.3. The molecule has 0 aliphatic carbocycles. The second-order valence-corrected chi connectivity index (χ2v) is 7.11. The third kappa shape index (κ3) is 4.77. The molecule has 1 N–H and O–H groups in total. The van der Waals surface area contributed by atoms with Gasteiger partial charge in [-0.3, -0.25) is 0 Å². The largest absolute Gasteiger partial charge is 0.487 e. The standard InChI is InChI=1S/C15H13Br3FNO/c1-20-7-9-4-13(17)15(14(18)5-9)21-8-10-2-11(16)6-12(19)3-10/h2-6,20H,7-8H2,1H3. The Morgan fingerprint density at radius 2 is 1.67 bits per heavy atom. The van der Waals surface area contributed by atoms with Crippen molar-refractivity contribution in [2.45, 2.75) is 13.2 Å². The Hall–Kier alpha value is -0.430. The van der Waals surface area contributed by atoms with Crippen LogP contribution in [-0.2, 0) is 13.2 Å². The molecular formula is C15H13Br3FNO. The fourth-order valence-electron chi connectivity index (χ4n) is 1.91. The molecule has 0 saturated carbocycles. The van der Waals surface area contributed by atoms with Crippen molar-refractivity contribution in [1.82, 2.24) is 5.32 Å². The van der Waals surface area contributed by atoms with Gasteiger partial charge < -0.3 is 10.1 Å². The van der Waals surface area contributed by atoms with Crippen LogP contribution in [0.2, 0.25) is 0 Å². The molecule has 2 rings (SSSR count). The van der Waals surface area contributed by atoms with E-state index in [0.29, 0.717) is 16.8 Å². The minimum absolute atomic E-state index is 0.287. The van der Waals surface area contributed by atoms with Gasteiger partial charge in [0, 0.05) is 11.0 Å². The molecule has 2 aromatic rings. The summed E-state index contributed by atoms with van der Waals surface area (Å²) >= 11 is 10.3. The van der Waals surface area contributed by atoms with Crippen molar-refractivity contribution in [3.05, 3.63) is 60.7 Å². The van der Waals surface area contributed by atoms with Crippen LogP contribution in [-0.4, -0.2) is 7.05 Å². The maximum Gasteiger partial charge on any atom is 0.148 e. The zero-order chi connectivity index (χ0) is 15.4. The topological polar surface area (TPSA) is 21.3 Å². The van der Waals surface area contributed by atoms with Crippen LogP contribution >= 0.6 is 47.8 Å². The van der Waals surface area contributed by atoms with Crippen LogP contribution in [0.4, 0.5) is 4.39 Å². The van der Waals surface area contributed by atoms with E-state index in [9.17, 15) is 4.39 Å². The first kappa shape index (κ1) is 16.9. The summed E-state index contributed by atoms with van der Waals surface area (Å²) < 4.78 is 21.5. The lowest BCUT2D eigenvalue weighted by molar-refractivity contribution is 0.301. The summed E-state index contributed by atoms with van der Waals surface area (Å²) in [6.45, 7) is 1.06. The highest BCUT2D eigenvalue weighted by atomic mass is 79.9. The van der Waals surface area contributed by atoms with Crippen LogP contribution in [0.25, 0.3) is 0 Å². The van der Waals surface area contributed by atoms with Crippen LogP contribution in [0, 0.1) is 5.82 Å². The fraction of sp³-hybridized carbons (Fsp3) is 0.200. The molecule has 2 nitrogen and oxygen atoms in total. The predicted molar refractivity (Wildman–Crippen MR) is 93.0 cm³/mol. The van der Waals surface area contributed by atoms with Crippen LogP contribution in [0.15, 0.2) is 43.7 Å². The quantitative estimate of drug-likeness (QED) is 0.616. The summed E-state index contributed by atoms with van der Waals surface area (Å²) in [6.07, 6.45) is 0. The Morgan fingerprint density at radius 1 is 1.00 bits per heavy atom. The Kier molecular flexibility index (Phi) is 6.22. The van der Waals surface area contributed by atoms with Crippen molar-refractivity contribution in [2.24, 2.45) is 0 Å². The van der Waals surface area contributed by atoms with E-state index in [1.165, 1.54) is 12.1 Å². The molecule has 0 saturated heterocycles. The molecule has 112 valence electrons. The van der Waals surface area contributed by atoms with Crippen LogP contribution in [0.5, 0.6) is 5.75 Å². The Labute approximate surface area is 148 Å². The maximum absolute atomic E-state index is 13.3. The zero-order valence-corrected chi connectivity index (χ0v) is 16.0. The highest BCUT2D eigenvalue weighted by molar-refractivity contribution is 9.11. The van der Waals surface area contributed by atoms with Crippen LogP contribution in [0.1, 0.15) is 11.1 Å². The normalized spacial score (nSPS) is 10.7. The van der Waals surface area contributed by atoms with Crippen molar-refractivity contribution in [1.29, 1.82) is 0 Å². The first-order chi connectivity index (χ1) is 9.99. The molecule has 0 radical (unpaired) electrons. The molecule has 0 unspecified atom stereocenters. The predicted octanol–water partition coefficient (Wildman–Crippen LogP) is 5.41. The van der Waals surface area contributed by atoms with Crippen molar-refractivity contribution in [2.75, 3.05) is 7.05 Å². The van der Waals surface area contributed by atoms with Gasteiger partial charge in [-0.25, -0.2) is 4.39 Å². The summed E-state index contributed by atoms with van der Waals surface area (Å²) in [5.41, 5.74) is 1.90. The van der Waals surface area contributed by atoms with Gasteiger partial charge in [0.15, 0.2) is 0 Å². The summed E-state index contributed by atoms with van der Waals surface area (Å²) in [6, 6.07) is 8.71. The third-order valence-corrected chi connectivity index (χ3v) is 4.38. The van der Waals surface area contributed by atoms with E-state index in [1.54, 1.807) is 0 Å². The number of halogens is 4. The molecule has 6 heteroatoms. The van der Waals surface area contributed by atoms with Crippen molar-refractivity contribution < 1.29 is 9.13 Å². The summed E-state index contributed by atoms with van der Waals surface area (Å²) in [4.78, 5) is 0. The van der Waals surface area contributed by atoms with Gasteiger partial charge in [0.2, 0.25) is 0 Å². The van der Waals surface area contributed by atoms with Gasteiger partial charge in [-0.15, -0.1) is 0 Å². The number of rotatable bonds is 5. The Balaban J connectivity index is 2.16. The lowest BCUT2D eigenvalue weighted by atomic mass is 10.2. The molecule has 21 heavy (non-hydrogen) atoms. The van der Waals surface area contributed by atoms with E-state index in [2.05, 4.69) is 53.1 Å². The molecule has 0 spiro atoms. The highest BCUT2D eigenvalue weighted by Gasteiger charge is 2.10. The minimum atomic E-state index is -0.287. The minimum Gasteiger partial charge on any atom is -0.487 e. The van der Waals surface area contributed by atoms with E-state index in [0.717, 1.165) is 26.6 Å². The molecule has 0 atom stereocenters. The van der Waals surface area contributed by atoms with E-state index in [1.807, 2.05) is 25.2 Å². The van der Waals surface area contributed by atoms with Crippen LogP contribution in [0.3, 0.4) is 0 Å². The van der Waals surface area contributed by atoms with Crippen LogP contribution < -0.4 is 10.1 Å². The first-order valence-electron chi connectivity index (χ1n) is 6.20. The van der Waals surface area contributed by atoms with Crippen molar-refractivity contribution in [3.8, 4) is 5.75 Å². The average Bonchev–Trinajstić information content (AvgIpc) is 2.36. The van der Waals surface area contributed by atoms with Gasteiger partial charge >= 0.3 is 0 Å². The number of hydrogen-bond acceptors (Lipinski definition) is 2. The van der Waals surface area contributed by atoms with Gasteiger partial charge in [0.1, 0.15) is 18.2 Å². The summed E-state index contributed by atoms with van der Waals surface area (Å²) in [7, 11) is 1.90. The van der Waals surface area contributed by atoms with Gasteiger partial charge in [-0.05, 0) is 80.4 Å². The first-order valence-corrected chi connectivity index (χ1v) is 8.58. The van der Waals surface area contributed by atoms with Gasteiger partial charge in [-0.1, -0.05) is 15.9 Å². The molecule has 0 aromatic heterocycles. The summed E-state index contributed by atoms with van der Waals surface area (Å²) in [5, 5.41) is 3.10. The molecule has 0 heterocycles. The molecule has 0 aliphatic rings. The fourth-order valence-corrected chi connectivity index (χ4v) is 3.93. The SMILES string of the molecule is CNCc1cc(Br)c(OCc2cc(F)cc(Br)c2)c(Br)c1. The monoisotopic (exact) mass is 479 g/mol. The van der Waals surface area contributed by atoms with Crippen molar-refractivity contribution >= 4 is 47.8 Å². The molecule has 0 fully saturated rings. The van der Waals surface area contributed by atoms with E-state index in [-0.39, 0.29) is 5.82 Å². The lowest BCUT2D eigenvalue weighted by Crippen LogP contribution is -2.05. The number of benzene rings is 2. The summed E-state index contributed by atoms with van der Waals surface area (Å²) in [5.74, 6) is 0.417. The smallest absolute Gasteiger partial charge is 0.148 e. The van der Waals surface area contributed by atoms with Gasteiger partial charge in [0.05, 0.1) is 8.95 Å². The molecule has 0 aliphatic heterocycles. The molecule has 0 amide bonds. The Bertz CT molecular complexity index is 606. The number of ether oxygens (including phenoxy) is 1. The van der Waals surface area contributed by atoms with E-state index in [4.69, 9.17) is 4.74 Å². The second-order valence-electron chi connectivity index (χ2n) is 4.49. The van der Waals surface area contributed by atoms with Gasteiger partial charge in [0.25, 0.3) is 0 Å².